The molecule has 1 atom stereocenters. The molecule has 1 aliphatic rings. The Morgan fingerprint density at radius 3 is 2.59 bits per heavy atom. The molecule has 3 amide bonds. The van der Waals surface area contributed by atoms with Crippen LogP contribution < -0.4 is 25.0 Å². The van der Waals surface area contributed by atoms with Gasteiger partial charge in [0.25, 0.3) is 5.91 Å². The fourth-order valence-electron chi connectivity index (χ4n) is 3.02. The van der Waals surface area contributed by atoms with E-state index >= 15 is 0 Å². The Hall–Kier alpha value is -3.55. The maximum absolute atomic E-state index is 12.6. The first kappa shape index (κ1) is 20.2. The second-order valence-corrected chi connectivity index (χ2v) is 6.58. The first-order valence-corrected chi connectivity index (χ1v) is 9.19. The third kappa shape index (κ3) is 5.04. The Morgan fingerprint density at radius 2 is 1.90 bits per heavy atom. The summed E-state index contributed by atoms with van der Waals surface area (Å²) in [6.45, 7) is 0.200. The van der Waals surface area contributed by atoms with Gasteiger partial charge in [0.15, 0.2) is 6.61 Å². The molecule has 0 spiro atoms. The van der Waals surface area contributed by atoms with Crippen LogP contribution in [0.25, 0.3) is 0 Å². The van der Waals surface area contributed by atoms with Crippen LogP contribution in [0.4, 0.5) is 11.4 Å². The van der Waals surface area contributed by atoms with Crippen molar-refractivity contribution in [2.75, 3.05) is 37.5 Å². The lowest BCUT2D eigenvalue weighted by Crippen LogP contribution is -2.28. The Balaban J connectivity index is 1.61. The van der Waals surface area contributed by atoms with Crippen LogP contribution in [-0.2, 0) is 14.4 Å². The van der Waals surface area contributed by atoms with Gasteiger partial charge in [0.05, 0.1) is 13.0 Å². The third-order valence-corrected chi connectivity index (χ3v) is 4.63. The minimum atomic E-state index is -0.458. The van der Waals surface area contributed by atoms with Crippen molar-refractivity contribution in [3.8, 4) is 11.5 Å². The summed E-state index contributed by atoms with van der Waals surface area (Å²) in [6.07, 6.45) is 0.144. The Morgan fingerprint density at radius 1 is 1.14 bits per heavy atom. The van der Waals surface area contributed by atoms with Crippen LogP contribution >= 0.6 is 0 Å². The molecule has 8 nitrogen and oxygen atoms in total. The van der Waals surface area contributed by atoms with Crippen LogP contribution in [0.1, 0.15) is 6.42 Å². The van der Waals surface area contributed by atoms with E-state index in [4.69, 9.17) is 9.47 Å². The molecule has 0 radical (unpaired) electrons. The molecule has 1 heterocycles. The molecule has 1 saturated heterocycles. The van der Waals surface area contributed by atoms with Crippen LogP contribution in [0.2, 0.25) is 0 Å². The van der Waals surface area contributed by atoms with Gasteiger partial charge in [0.2, 0.25) is 11.8 Å². The van der Waals surface area contributed by atoms with Gasteiger partial charge < -0.3 is 25.0 Å². The average molecular weight is 397 g/mol. The van der Waals surface area contributed by atoms with Crippen LogP contribution in [-0.4, -0.2) is 45.0 Å². The fourth-order valence-corrected chi connectivity index (χ4v) is 3.02. The van der Waals surface area contributed by atoms with Gasteiger partial charge >= 0.3 is 0 Å². The van der Waals surface area contributed by atoms with Crippen molar-refractivity contribution in [3.63, 3.8) is 0 Å². The number of rotatable bonds is 7. The van der Waals surface area contributed by atoms with Crippen LogP contribution in [0.15, 0.2) is 48.5 Å². The summed E-state index contributed by atoms with van der Waals surface area (Å²) < 4.78 is 10.5. The number of nitrogens with zero attached hydrogens (tertiary/aromatic N) is 1. The SMILES string of the molecule is CNC(=O)COc1cccc(NC(=O)C2CC(=O)N(c3ccc(OC)cc3)C2)c1. The van der Waals surface area contributed by atoms with E-state index in [1.54, 1.807) is 60.5 Å². The number of hydrogen-bond donors (Lipinski definition) is 2. The van der Waals surface area contributed by atoms with Gasteiger partial charge in [-0.3, -0.25) is 14.4 Å². The molecule has 29 heavy (non-hydrogen) atoms. The van der Waals surface area contributed by atoms with Gasteiger partial charge in [-0.15, -0.1) is 0 Å². The molecule has 1 aliphatic heterocycles. The van der Waals surface area contributed by atoms with Gasteiger partial charge in [-0.1, -0.05) is 6.07 Å². The van der Waals surface area contributed by atoms with E-state index in [1.165, 1.54) is 7.05 Å². The molecule has 1 fully saturated rings. The Labute approximate surface area is 168 Å². The molecule has 152 valence electrons. The number of carbonyl (C=O) groups excluding carboxylic acids is 3. The third-order valence-electron chi connectivity index (χ3n) is 4.63. The Bertz CT molecular complexity index is 897. The van der Waals surface area contributed by atoms with Gasteiger partial charge in [-0.05, 0) is 36.4 Å². The quantitative estimate of drug-likeness (QED) is 0.743. The van der Waals surface area contributed by atoms with Gasteiger partial charge in [0.1, 0.15) is 11.5 Å². The van der Waals surface area contributed by atoms with E-state index in [1.807, 2.05) is 0 Å². The maximum atomic E-state index is 12.6. The first-order valence-electron chi connectivity index (χ1n) is 9.19. The molecular formula is C21H23N3O5. The largest absolute Gasteiger partial charge is 0.497 e. The predicted octanol–water partition coefficient (Wildman–Crippen LogP) is 1.81. The summed E-state index contributed by atoms with van der Waals surface area (Å²) in [5.41, 5.74) is 1.27. The monoisotopic (exact) mass is 397 g/mol. The van der Waals surface area contributed by atoms with Crippen LogP contribution in [0, 0.1) is 5.92 Å². The highest BCUT2D eigenvalue weighted by Crippen LogP contribution is 2.28. The van der Waals surface area contributed by atoms with E-state index < -0.39 is 5.92 Å². The molecule has 2 aromatic rings. The van der Waals surface area contributed by atoms with E-state index in [0.717, 1.165) is 5.69 Å². The van der Waals surface area contributed by atoms with E-state index in [-0.39, 0.29) is 30.7 Å². The second-order valence-electron chi connectivity index (χ2n) is 6.58. The van der Waals surface area contributed by atoms with Crippen molar-refractivity contribution >= 4 is 29.1 Å². The molecule has 0 bridgehead atoms. The lowest BCUT2D eigenvalue weighted by atomic mass is 10.1. The molecular weight excluding hydrogens is 374 g/mol. The lowest BCUT2D eigenvalue weighted by Gasteiger charge is -2.17. The molecule has 0 aromatic heterocycles. The van der Waals surface area contributed by atoms with Crippen molar-refractivity contribution in [3.05, 3.63) is 48.5 Å². The van der Waals surface area contributed by atoms with Crippen LogP contribution in [0.5, 0.6) is 11.5 Å². The fraction of sp³-hybridized carbons (Fsp3) is 0.286. The summed E-state index contributed by atoms with van der Waals surface area (Å²) in [4.78, 5) is 37.9. The number of anilines is 2. The van der Waals surface area contributed by atoms with Crippen molar-refractivity contribution in [1.82, 2.24) is 5.32 Å². The van der Waals surface area contributed by atoms with Crippen molar-refractivity contribution in [2.24, 2.45) is 5.92 Å². The smallest absolute Gasteiger partial charge is 0.257 e. The summed E-state index contributed by atoms with van der Waals surface area (Å²) in [7, 11) is 3.11. The summed E-state index contributed by atoms with van der Waals surface area (Å²) in [6, 6.07) is 13.9. The number of methoxy groups -OCH3 is 1. The zero-order chi connectivity index (χ0) is 20.8. The number of likely N-dealkylation sites (N-methyl/N-ethyl adjacent to an activating group) is 1. The molecule has 3 rings (SSSR count). The predicted molar refractivity (Wildman–Crippen MR) is 108 cm³/mol. The Kier molecular flexibility index (Phi) is 6.33. The summed E-state index contributed by atoms with van der Waals surface area (Å²) in [5.74, 6) is 0.125. The van der Waals surface area contributed by atoms with E-state index in [2.05, 4.69) is 10.6 Å². The highest BCUT2D eigenvalue weighted by atomic mass is 16.5. The van der Waals surface area contributed by atoms with E-state index in [0.29, 0.717) is 23.7 Å². The number of benzene rings is 2. The van der Waals surface area contributed by atoms with Crippen molar-refractivity contribution < 1.29 is 23.9 Å². The molecule has 2 aromatic carbocycles. The zero-order valence-corrected chi connectivity index (χ0v) is 16.3. The van der Waals surface area contributed by atoms with Gasteiger partial charge in [-0.25, -0.2) is 0 Å². The highest BCUT2D eigenvalue weighted by Gasteiger charge is 2.35. The standard InChI is InChI=1S/C21H23N3O5/c1-22-19(25)13-29-18-5-3-4-15(11-18)23-21(27)14-10-20(26)24(12-14)16-6-8-17(28-2)9-7-16/h3-9,11,14H,10,12-13H2,1-2H3,(H,22,25)(H,23,27). The minimum Gasteiger partial charge on any atom is -0.497 e. The van der Waals surface area contributed by atoms with Crippen molar-refractivity contribution in [2.45, 2.75) is 6.42 Å². The van der Waals surface area contributed by atoms with E-state index in [9.17, 15) is 14.4 Å². The first-order chi connectivity index (χ1) is 14.0. The highest BCUT2D eigenvalue weighted by molar-refractivity contribution is 6.03. The molecule has 2 N–H and O–H groups in total. The topological polar surface area (TPSA) is 97.0 Å². The molecule has 1 unspecified atom stereocenters. The maximum Gasteiger partial charge on any atom is 0.257 e. The number of hydrogen-bond acceptors (Lipinski definition) is 5. The zero-order valence-electron chi connectivity index (χ0n) is 16.3. The number of amides is 3. The molecule has 8 heteroatoms. The minimum absolute atomic E-state index is 0.0991. The number of ether oxygens (including phenoxy) is 2. The second kappa shape index (κ2) is 9.09. The molecule has 0 aliphatic carbocycles. The number of carbonyl (C=O) groups is 3. The molecule has 0 saturated carbocycles. The van der Waals surface area contributed by atoms with Crippen molar-refractivity contribution in [1.29, 1.82) is 0 Å². The van der Waals surface area contributed by atoms with Gasteiger partial charge in [0, 0.05) is 37.5 Å². The number of nitrogens with one attached hydrogen (secondary N) is 2. The summed E-state index contributed by atoms with van der Waals surface area (Å²) in [5, 5.41) is 5.29. The normalized spacial score (nSPS) is 15.7. The summed E-state index contributed by atoms with van der Waals surface area (Å²) >= 11 is 0. The van der Waals surface area contributed by atoms with Crippen LogP contribution in [0.3, 0.4) is 0 Å². The average Bonchev–Trinajstić information content (AvgIpc) is 3.14. The van der Waals surface area contributed by atoms with Gasteiger partial charge in [-0.2, -0.15) is 0 Å². The lowest BCUT2D eigenvalue weighted by molar-refractivity contribution is -0.122.